The van der Waals surface area contributed by atoms with Crippen LogP contribution in [0.3, 0.4) is 0 Å². The van der Waals surface area contributed by atoms with Crippen molar-refractivity contribution in [2.45, 2.75) is 32.9 Å². The molecule has 0 amide bonds. The molecule has 1 aliphatic rings. The first-order chi connectivity index (χ1) is 7.59. The van der Waals surface area contributed by atoms with Gasteiger partial charge in [0.15, 0.2) is 0 Å². The minimum absolute atomic E-state index is 0.495. The highest BCUT2D eigenvalue weighted by Gasteiger charge is 2.24. The molecule has 1 saturated heterocycles. The Morgan fingerprint density at radius 1 is 1.38 bits per heavy atom. The Balaban J connectivity index is 2.35. The molecule has 1 heterocycles. The van der Waals surface area contributed by atoms with Crippen LogP contribution in [0.4, 0.5) is 5.69 Å². The number of nitrogens with one attached hydrogen (secondary N) is 1. The maximum Gasteiger partial charge on any atom is 0.0642 e. The third kappa shape index (κ3) is 2.18. The smallest absolute Gasteiger partial charge is 0.0642 e. The van der Waals surface area contributed by atoms with E-state index in [1.54, 1.807) is 0 Å². The van der Waals surface area contributed by atoms with Crippen molar-refractivity contribution < 1.29 is 0 Å². The second-order valence-electron chi connectivity index (χ2n) is 4.72. The maximum absolute atomic E-state index is 6.31. The minimum Gasteiger partial charge on any atom is -0.365 e. The van der Waals surface area contributed by atoms with Gasteiger partial charge in [0.2, 0.25) is 0 Å². The van der Waals surface area contributed by atoms with Crippen LogP contribution < -0.4 is 10.2 Å². The third-order valence-corrected chi connectivity index (χ3v) is 3.55. The van der Waals surface area contributed by atoms with Gasteiger partial charge in [-0.3, -0.25) is 0 Å². The van der Waals surface area contributed by atoms with Crippen LogP contribution in [-0.2, 0) is 0 Å². The number of para-hydroxylation sites is 1. The summed E-state index contributed by atoms with van der Waals surface area (Å²) < 4.78 is 0. The third-order valence-electron chi connectivity index (χ3n) is 3.24. The molecule has 88 valence electrons. The van der Waals surface area contributed by atoms with Crippen LogP contribution in [0.5, 0.6) is 0 Å². The van der Waals surface area contributed by atoms with Gasteiger partial charge >= 0.3 is 0 Å². The lowest BCUT2D eigenvalue weighted by molar-refractivity contribution is 0.425. The molecule has 1 N–H and O–H groups in total. The lowest BCUT2D eigenvalue weighted by Gasteiger charge is -2.40. The summed E-state index contributed by atoms with van der Waals surface area (Å²) in [7, 11) is 0. The van der Waals surface area contributed by atoms with Gasteiger partial charge < -0.3 is 10.2 Å². The van der Waals surface area contributed by atoms with Crippen LogP contribution in [-0.4, -0.2) is 25.2 Å². The zero-order chi connectivity index (χ0) is 11.7. The molecule has 1 aromatic carbocycles. The quantitative estimate of drug-likeness (QED) is 0.810. The number of anilines is 1. The number of hydrogen-bond donors (Lipinski definition) is 1. The van der Waals surface area contributed by atoms with Crippen molar-refractivity contribution in [3.8, 4) is 0 Å². The first-order valence-electron chi connectivity index (χ1n) is 5.84. The largest absolute Gasteiger partial charge is 0.365 e. The highest BCUT2D eigenvalue weighted by atomic mass is 35.5. The lowest BCUT2D eigenvalue weighted by atomic mass is 10.1. The average molecular weight is 239 g/mol. The Morgan fingerprint density at radius 2 is 2.12 bits per heavy atom. The van der Waals surface area contributed by atoms with Crippen molar-refractivity contribution in [3.05, 3.63) is 28.8 Å². The molecule has 2 unspecified atom stereocenters. The van der Waals surface area contributed by atoms with Gasteiger partial charge in [0.05, 0.1) is 10.7 Å². The summed E-state index contributed by atoms with van der Waals surface area (Å²) in [5, 5.41) is 4.35. The normalized spacial score (nSPS) is 25.9. The van der Waals surface area contributed by atoms with Crippen molar-refractivity contribution in [3.63, 3.8) is 0 Å². The fourth-order valence-electron chi connectivity index (χ4n) is 2.32. The molecule has 16 heavy (non-hydrogen) atoms. The van der Waals surface area contributed by atoms with E-state index in [-0.39, 0.29) is 0 Å². The minimum atomic E-state index is 0.495. The molecule has 1 fully saturated rings. The SMILES string of the molecule is Cc1cccc(Cl)c1N1CC(C)NCC1C. The number of benzene rings is 1. The summed E-state index contributed by atoms with van der Waals surface area (Å²) in [5.74, 6) is 0. The molecular formula is C13H19ClN2. The Kier molecular flexibility index (Phi) is 3.41. The molecule has 0 bridgehead atoms. The van der Waals surface area contributed by atoms with E-state index in [1.807, 2.05) is 12.1 Å². The van der Waals surface area contributed by atoms with Gasteiger partial charge in [-0.05, 0) is 32.4 Å². The topological polar surface area (TPSA) is 15.3 Å². The van der Waals surface area contributed by atoms with E-state index in [0.717, 1.165) is 18.1 Å². The molecule has 0 radical (unpaired) electrons. The second-order valence-corrected chi connectivity index (χ2v) is 5.12. The molecule has 2 atom stereocenters. The summed E-state index contributed by atoms with van der Waals surface area (Å²) in [6.07, 6.45) is 0. The summed E-state index contributed by atoms with van der Waals surface area (Å²) in [4.78, 5) is 2.42. The van der Waals surface area contributed by atoms with Crippen LogP contribution in [0.1, 0.15) is 19.4 Å². The summed E-state index contributed by atoms with van der Waals surface area (Å²) in [6.45, 7) is 8.62. The number of rotatable bonds is 1. The lowest BCUT2D eigenvalue weighted by Crippen LogP contribution is -2.54. The number of nitrogens with zero attached hydrogens (tertiary/aromatic N) is 1. The molecule has 0 aliphatic carbocycles. The molecule has 3 heteroatoms. The van der Waals surface area contributed by atoms with Gasteiger partial charge in [-0.1, -0.05) is 23.7 Å². The zero-order valence-electron chi connectivity index (χ0n) is 10.1. The molecule has 0 spiro atoms. The van der Waals surface area contributed by atoms with E-state index in [9.17, 15) is 0 Å². The highest BCUT2D eigenvalue weighted by molar-refractivity contribution is 6.33. The van der Waals surface area contributed by atoms with Gasteiger partial charge in [-0.25, -0.2) is 0 Å². The van der Waals surface area contributed by atoms with E-state index in [4.69, 9.17) is 11.6 Å². The number of aryl methyl sites for hydroxylation is 1. The van der Waals surface area contributed by atoms with Crippen molar-refractivity contribution in [2.75, 3.05) is 18.0 Å². The van der Waals surface area contributed by atoms with Crippen LogP contribution >= 0.6 is 11.6 Å². The van der Waals surface area contributed by atoms with E-state index in [2.05, 4.69) is 37.1 Å². The standard InChI is InChI=1S/C13H19ClN2/c1-9-5-4-6-12(14)13(9)16-8-10(2)15-7-11(16)3/h4-6,10-11,15H,7-8H2,1-3H3. The monoisotopic (exact) mass is 238 g/mol. The van der Waals surface area contributed by atoms with E-state index in [0.29, 0.717) is 12.1 Å². The van der Waals surface area contributed by atoms with Crippen molar-refractivity contribution >= 4 is 17.3 Å². The van der Waals surface area contributed by atoms with E-state index in [1.165, 1.54) is 11.3 Å². The summed E-state index contributed by atoms with van der Waals surface area (Å²) in [6, 6.07) is 7.13. The maximum atomic E-state index is 6.31. The molecule has 2 nitrogen and oxygen atoms in total. The fourth-order valence-corrected chi connectivity index (χ4v) is 2.65. The van der Waals surface area contributed by atoms with Gasteiger partial charge in [0.1, 0.15) is 0 Å². The Hall–Kier alpha value is -0.730. The summed E-state index contributed by atoms with van der Waals surface area (Å²) in [5.41, 5.74) is 2.46. The average Bonchev–Trinajstić information content (AvgIpc) is 2.23. The molecule has 0 saturated carbocycles. The predicted octanol–water partition coefficient (Wildman–Crippen LogP) is 2.84. The summed E-state index contributed by atoms with van der Waals surface area (Å²) >= 11 is 6.31. The molecular weight excluding hydrogens is 220 g/mol. The van der Waals surface area contributed by atoms with E-state index >= 15 is 0 Å². The number of piperazine rings is 1. The molecule has 2 rings (SSSR count). The predicted molar refractivity (Wildman–Crippen MR) is 70.5 cm³/mol. The van der Waals surface area contributed by atoms with Crippen molar-refractivity contribution in [2.24, 2.45) is 0 Å². The van der Waals surface area contributed by atoms with Crippen molar-refractivity contribution in [1.82, 2.24) is 5.32 Å². The number of halogens is 1. The molecule has 0 aromatic heterocycles. The van der Waals surface area contributed by atoms with E-state index < -0.39 is 0 Å². The highest BCUT2D eigenvalue weighted by Crippen LogP contribution is 2.31. The molecule has 1 aromatic rings. The van der Waals surface area contributed by atoms with Crippen LogP contribution in [0.25, 0.3) is 0 Å². The number of hydrogen-bond acceptors (Lipinski definition) is 2. The van der Waals surface area contributed by atoms with Crippen LogP contribution in [0.2, 0.25) is 5.02 Å². The molecule has 1 aliphatic heterocycles. The first-order valence-corrected chi connectivity index (χ1v) is 6.22. The fraction of sp³-hybridized carbons (Fsp3) is 0.538. The van der Waals surface area contributed by atoms with Gasteiger partial charge in [-0.2, -0.15) is 0 Å². The van der Waals surface area contributed by atoms with Gasteiger partial charge in [-0.15, -0.1) is 0 Å². The van der Waals surface area contributed by atoms with Crippen molar-refractivity contribution in [1.29, 1.82) is 0 Å². The van der Waals surface area contributed by atoms with Crippen LogP contribution in [0.15, 0.2) is 18.2 Å². The Labute approximate surface area is 103 Å². The Morgan fingerprint density at radius 3 is 2.81 bits per heavy atom. The first kappa shape index (κ1) is 11.7. The van der Waals surface area contributed by atoms with Gasteiger partial charge in [0, 0.05) is 25.2 Å². The Bertz CT molecular complexity index is 358. The van der Waals surface area contributed by atoms with Crippen LogP contribution in [0, 0.1) is 6.92 Å². The zero-order valence-corrected chi connectivity index (χ0v) is 10.9. The van der Waals surface area contributed by atoms with Gasteiger partial charge in [0.25, 0.3) is 0 Å². The second kappa shape index (κ2) is 4.64.